The van der Waals surface area contributed by atoms with Gasteiger partial charge < -0.3 is 5.21 Å². The number of carbonyl (C=O) groups excluding carboxylic acids is 1. The van der Waals surface area contributed by atoms with Crippen molar-refractivity contribution in [3.8, 4) is 0 Å². The highest BCUT2D eigenvalue weighted by molar-refractivity contribution is 6.39. The lowest BCUT2D eigenvalue weighted by Gasteiger charge is -1.98. The lowest BCUT2D eigenvalue weighted by molar-refractivity contribution is -0.112. The molecule has 0 saturated heterocycles. The number of rotatable bonds is 3. The second-order valence-electron chi connectivity index (χ2n) is 2.77. The van der Waals surface area contributed by atoms with Crippen LogP contribution < -0.4 is 0 Å². The Hall–Kier alpha value is -1.64. The molecule has 68 valence electrons. The summed E-state index contributed by atoms with van der Waals surface area (Å²) >= 11 is 0. The van der Waals surface area contributed by atoms with Crippen LogP contribution in [0.25, 0.3) is 0 Å². The summed E-state index contributed by atoms with van der Waals surface area (Å²) in [5.41, 5.74) is 1.07. The summed E-state index contributed by atoms with van der Waals surface area (Å²) in [5, 5.41) is 11.2. The van der Waals surface area contributed by atoms with E-state index in [1.165, 1.54) is 6.92 Å². The third-order valence-electron chi connectivity index (χ3n) is 1.76. The maximum Gasteiger partial charge on any atom is 0.184 e. The van der Waals surface area contributed by atoms with Gasteiger partial charge in [0.1, 0.15) is 5.71 Å². The van der Waals surface area contributed by atoms with E-state index in [4.69, 9.17) is 5.21 Å². The molecular weight excluding hydrogens is 166 g/mol. The van der Waals surface area contributed by atoms with E-state index in [2.05, 4.69) is 5.16 Å². The first-order valence-electron chi connectivity index (χ1n) is 4.00. The molecule has 0 unspecified atom stereocenters. The van der Waals surface area contributed by atoms with Gasteiger partial charge in [-0.1, -0.05) is 35.5 Å². The summed E-state index contributed by atoms with van der Waals surface area (Å²) < 4.78 is 0. The summed E-state index contributed by atoms with van der Waals surface area (Å²) in [6, 6.07) is 9.36. The highest BCUT2D eigenvalue weighted by atomic mass is 16.4. The van der Waals surface area contributed by atoms with E-state index in [1.807, 2.05) is 30.3 Å². The van der Waals surface area contributed by atoms with Crippen LogP contribution in [0.3, 0.4) is 0 Å². The number of benzene rings is 1. The van der Waals surface area contributed by atoms with Gasteiger partial charge in [-0.25, -0.2) is 0 Å². The van der Waals surface area contributed by atoms with Gasteiger partial charge in [0.05, 0.1) is 0 Å². The number of hydrogen-bond acceptors (Lipinski definition) is 3. The molecule has 0 atom stereocenters. The van der Waals surface area contributed by atoms with E-state index < -0.39 is 0 Å². The van der Waals surface area contributed by atoms with Crippen molar-refractivity contribution in [2.24, 2.45) is 5.16 Å². The van der Waals surface area contributed by atoms with Crippen molar-refractivity contribution in [1.82, 2.24) is 0 Å². The maximum absolute atomic E-state index is 11.3. The van der Waals surface area contributed by atoms with Crippen LogP contribution in [0.2, 0.25) is 0 Å². The van der Waals surface area contributed by atoms with Crippen molar-refractivity contribution in [2.45, 2.75) is 13.3 Å². The molecule has 0 aliphatic carbocycles. The fourth-order valence-electron chi connectivity index (χ4n) is 0.965. The van der Waals surface area contributed by atoms with E-state index in [0.717, 1.165) is 5.56 Å². The minimum atomic E-state index is -0.159. The fraction of sp³-hybridized carbons (Fsp3) is 0.200. The monoisotopic (exact) mass is 177 g/mol. The first-order chi connectivity index (χ1) is 6.24. The van der Waals surface area contributed by atoms with Gasteiger partial charge in [-0.2, -0.15) is 0 Å². The van der Waals surface area contributed by atoms with Crippen molar-refractivity contribution in [2.75, 3.05) is 0 Å². The SMILES string of the molecule is C/C(=N\O)C(=O)Cc1ccccc1. The fourth-order valence-corrected chi connectivity index (χ4v) is 0.965. The third-order valence-corrected chi connectivity index (χ3v) is 1.76. The Morgan fingerprint density at radius 3 is 2.54 bits per heavy atom. The second kappa shape index (κ2) is 4.40. The lowest BCUT2D eigenvalue weighted by Crippen LogP contribution is -2.12. The van der Waals surface area contributed by atoms with Crippen LogP contribution >= 0.6 is 0 Å². The smallest absolute Gasteiger partial charge is 0.184 e. The van der Waals surface area contributed by atoms with Crippen molar-refractivity contribution in [1.29, 1.82) is 0 Å². The van der Waals surface area contributed by atoms with Gasteiger partial charge in [-0.15, -0.1) is 0 Å². The van der Waals surface area contributed by atoms with E-state index in [-0.39, 0.29) is 17.9 Å². The largest absolute Gasteiger partial charge is 0.411 e. The van der Waals surface area contributed by atoms with Crippen molar-refractivity contribution < 1.29 is 10.0 Å². The molecule has 0 aliphatic rings. The van der Waals surface area contributed by atoms with E-state index in [0.29, 0.717) is 0 Å². The molecule has 1 aromatic carbocycles. The number of Topliss-reactive ketones (excluding diaryl/α,β-unsaturated/α-hetero) is 1. The Morgan fingerprint density at radius 2 is 2.00 bits per heavy atom. The molecule has 0 heterocycles. The molecular formula is C10H11NO2. The number of hydrogen-bond donors (Lipinski definition) is 1. The molecule has 13 heavy (non-hydrogen) atoms. The number of nitrogens with zero attached hydrogens (tertiary/aromatic N) is 1. The Balaban J connectivity index is 2.66. The van der Waals surface area contributed by atoms with Gasteiger partial charge in [0.15, 0.2) is 5.78 Å². The Labute approximate surface area is 76.7 Å². The average Bonchev–Trinajstić information content (AvgIpc) is 2.18. The molecule has 0 fully saturated rings. The van der Waals surface area contributed by atoms with Crippen molar-refractivity contribution in [3.05, 3.63) is 35.9 Å². The quantitative estimate of drug-likeness (QED) is 0.433. The van der Waals surface area contributed by atoms with Crippen molar-refractivity contribution >= 4 is 11.5 Å². The van der Waals surface area contributed by atoms with Crippen LogP contribution in [0.15, 0.2) is 35.5 Å². The van der Waals surface area contributed by atoms with Gasteiger partial charge in [-0.05, 0) is 12.5 Å². The van der Waals surface area contributed by atoms with E-state index in [1.54, 1.807) is 0 Å². The molecule has 0 bridgehead atoms. The van der Waals surface area contributed by atoms with Crippen LogP contribution in [0.5, 0.6) is 0 Å². The lowest BCUT2D eigenvalue weighted by atomic mass is 10.1. The van der Waals surface area contributed by atoms with Gasteiger partial charge >= 0.3 is 0 Å². The molecule has 3 nitrogen and oxygen atoms in total. The maximum atomic E-state index is 11.3. The van der Waals surface area contributed by atoms with Crippen LogP contribution in [0.1, 0.15) is 12.5 Å². The molecule has 0 radical (unpaired) electrons. The highest BCUT2D eigenvalue weighted by Crippen LogP contribution is 2.00. The zero-order chi connectivity index (χ0) is 9.68. The predicted molar refractivity (Wildman–Crippen MR) is 50.0 cm³/mol. The molecule has 0 saturated carbocycles. The minimum absolute atomic E-state index is 0.142. The Bertz CT molecular complexity index is 317. The number of ketones is 1. The standard InChI is InChI=1S/C10H11NO2/c1-8(11-13)10(12)7-9-5-3-2-4-6-9/h2-6,13H,7H2,1H3/b11-8+. The Kier molecular flexibility index (Phi) is 3.20. The van der Waals surface area contributed by atoms with E-state index in [9.17, 15) is 4.79 Å². The summed E-state index contributed by atoms with van der Waals surface area (Å²) in [4.78, 5) is 11.3. The van der Waals surface area contributed by atoms with Crippen LogP contribution in [-0.2, 0) is 11.2 Å². The summed E-state index contributed by atoms with van der Waals surface area (Å²) in [5.74, 6) is -0.159. The van der Waals surface area contributed by atoms with Crippen LogP contribution in [0, 0.1) is 0 Å². The van der Waals surface area contributed by atoms with Crippen LogP contribution in [-0.4, -0.2) is 16.7 Å². The van der Waals surface area contributed by atoms with E-state index >= 15 is 0 Å². The average molecular weight is 177 g/mol. The minimum Gasteiger partial charge on any atom is -0.411 e. The normalized spacial score (nSPS) is 11.3. The molecule has 0 amide bonds. The zero-order valence-corrected chi connectivity index (χ0v) is 7.40. The third kappa shape index (κ3) is 2.71. The van der Waals surface area contributed by atoms with Gasteiger partial charge in [-0.3, -0.25) is 4.79 Å². The first-order valence-corrected chi connectivity index (χ1v) is 4.00. The van der Waals surface area contributed by atoms with Crippen molar-refractivity contribution in [3.63, 3.8) is 0 Å². The molecule has 1 rings (SSSR count). The second-order valence-corrected chi connectivity index (χ2v) is 2.77. The Morgan fingerprint density at radius 1 is 1.38 bits per heavy atom. The molecule has 3 heteroatoms. The van der Waals surface area contributed by atoms with Crippen LogP contribution in [0.4, 0.5) is 0 Å². The highest BCUT2D eigenvalue weighted by Gasteiger charge is 2.06. The molecule has 0 aromatic heterocycles. The molecule has 1 N–H and O–H groups in total. The molecule has 1 aromatic rings. The predicted octanol–water partition coefficient (Wildman–Crippen LogP) is 1.65. The number of oxime groups is 1. The number of carbonyl (C=O) groups is 1. The molecule has 0 aliphatic heterocycles. The van der Waals surface area contributed by atoms with Gasteiger partial charge in [0.2, 0.25) is 0 Å². The van der Waals surface area contributed by atoms with Gasteiger partial charge in [0, 0.05) is 6.42 Å². The first kappa shape index (κ1) is 9.45. The topological polar surface area (TPSA) is 49.7 Å². The van der Waals surface area contributed by atoms with Gasteiger partial charge in [0.25, 0.3) is 0 Å². The summed E-state index contributed by atoms with van der Waals surface area (Å²) in [7, 11) is 0. The molecule has 0 spiro atoms. The zero-order valence-electron chi connectivity index (χ0n) is 7.40. The summed E-state index contributed by atoms with van der Waals surface area (Å²) in [6.45, 7) is 1.49. The summed E-state index contributed by atoms with van der Waals surface area (Å²) in [6.07, 6.45) is 0.288.